The molecule has 20 heavy (non-hydrogen) atoms. The third-order valence-electron chi connectivity index (χ3n) is 2.47. The average Bonchev–Trinajstić information content (AvgIpc) is 2.96. The Bertz CT molecular complexity index is 638. The third-order valence-corrected chi connectivity index (χ3v) is 2.47. The number of hydrogen-bond acceptors (Lipinski definition) is 8. The van der Waals surface area contributed by atoms with E-state index in [1.165, 1.54) is 11.4 Å². The predicted molar refractivity (Wildman–Crippen MR) is 73.2 cm³/mol. The van der Waals surface area contributed by atoms with Gasteiger partial charge in [-0.2, -0.15) is 9.97 Å². The molecule has 8 nitrogen and oxygen atoms in total. The summed E-state index contributed by atoms with van der Waals surface area (Å²) in [6.07, 6.45) is 3.03. The van der Waals surface area contributed by atoms with Crippen LogP contribution in [0.25, 0.3) is 0 Å². The smallest absolute Gasteiger partial charge is 0.238 e. The van der Waals surface area contributed by atoms with Crippen molar-refractivity contribution in [3.05, 3.63) is 42.8 Å². The lowest BCUT2D eigenvalue weighted by molar-refractivity contribution is 0.216. The van der Waals surface area contributed by atoms with Gasteiger partial charge < -0.3 is 21.0 Å². The van der Waals surface area contributed by atoms with Crippen LogP contribution in [0, 0.1) is 0 Å². The second kappa shape index (κ2) is 4.84. The minimum atomic E-state index is 0.0233. The van der Waals surface area contributed by atoms with Crippen molar-refractivity contribution in [3.8, 4) is 11.5 Å². The van der Waals surface area contributed by atoms with E-state index in [9.17, 15) is 0 Å². The second-order valence-electron chi connectivity index (χ2n) is 3.87. The van der Waals surface area contributed by atoms with E-state index in [0.717, 1.165) is 0 Å². The third kappa shape index (κ3) is 2.21. The fourth-order valence-corrected chi connectivity index (χ4v) is 1.65. The average molecular weight is 272 g/mol. The van der Waals surface area contributed by atoms with Gasteiger partial charge in [-0.05, 0) is 12.1 Å². The molecule has 1 aromatic carbocycles. The number of hydrazine groups is 1. The van der Waals surface area contributed by atoms with E-state index in [4.69, 9.17) is 21.0 Å². The zero-order valence-electron chi connectivity index (χ0n) is 10.4. The van der Waals surface area contributed by atoms with Crippen molar-refractivity contribution < 1.29 is 9.57 Å². The van der Waals surface area contributed by atoms with Crippen LogP contribution in [0.3, 0.4) is 0 Å². The first kappa shape index (κ1) is 11.9. The molecule has 2 heterocycles. The highest BCUT2D eigenvalue weighted by molar-refractivity contribution is 5.65. The van der Waals surface area contributed by atoms with E-state index in [2.05, 4.69) is 15.4 Å². The van der Waals surface area contributed by atoms with Crippen molar-refractivity contribution in [3.63, 3.8) is 0 Å². The molecule has 0 saturated carbocycles. The molecule has 0 radical (unpaired) electrons. The number of aromatic nitrogens is 2. The number of nitrogens with one attached hydrogen (secondary N) is 1. The van der Waals surface area contributed by atoms with Crippen LogP contribution in [0.2, 0.25) is 0 Å². The van der Waals surface area contributed by atoms with Gasteiger partial charge in [-0.25, -0.2) is 0 Å². The normalized spacial score (nSPS) is 12.9. The van der Waals surface area contributed by atoms with Crippen LogP contribution in [0.5, 0.6) is 11.5 Å². The van der Waals surface area contributed by atoms with Gasteiger partial charge in [0.2, 0.25) is 17.5 Å². The highest BCUT2D eigenvalue weighted by Gasteiger charge is 2.22. The molecule has 102 valence electrons. The molecule has 0 spiro atoms. The van der Waals surface area contributed by atoms with Gasteiger partial charge in [0.15, 0.2) is 5.82 Å². The van der Waals surface area contributed by atoms with Crippen molar-refractivity contribution in [1.82, 2.24) is 15.4 Å². The number of hydrogen-bond donors (Lipinski definition) is 3. The summed E-state index contributed by atoms with van der Waals surface area (Å²) in [7, 11) is 0. The van der Waals surface area contributed by atoms with E-state index in [0.29, 0.717) is 5.75 Å². The Balaban J connectivity index is 2.00. The van der Waals surface area contributed by atoms with E-state index >= 15 is 0 Å². The maximum Gasteiger partial charge on any atom is 0.238 e. The quantitative estimate of drug-likeness (QED) is 0.763. The van der Waals surface area contributed by atoms with Crippen LogP contribution in [-0.2, 0) is 4.84 Å². The SMILES string of the molecule is Nc1nc(N)c(Oc2ccccc2)c(N2NC=CO2)n1. The first-order valence-corrected chi connectivity index (χ1v) is 5.78. The molecule has 5 N–H and O–H groups in total. The summed E-state index contributed by atoms with van der Waals surface area (Å²) in [4.78, 5) is 13.2. The van der Waals surface area contributed by atoms with E-state index in [-0.39, 0.29) is 23.3 Å². The van der Waals surface area contributed by atoms with Crippen molar-refractivity contribution in [1.29, 1.82) is 0 Å². The highest BCUT2D eigenvalue weighted by atomic mass is 16.7. The van der Waals surface area contributed by atoms with Gasteiger partial charge in [-0.3, -0.25) is 5.43 Å². The zero-order chi connectivity index (χ0) is 13.9. The molecule has 0 aliphatic carbocycles. The van der Waals surface area contributed by atoms with Gasteiger partial charge in [0, 0.05) is 0 Å². The fourth-order valence-electron chi connectivity index (χ4n) is 1.65. The summed E-state index contributed by atoms with van der Waals surface area (Å²) in [5.41, 5.74) is 14.3. The lowest BCUT2D eigenvalue weighted by atomic mass is 10.3. The molecule has 1 aliphatic heterocycles. The van der Waals surface area contributed by atoms with Gasteiger partial charge >= 0.3 is 0 Å². The molecule has 3 rings (SSSR count). The number of para-hydroxylation sites is 1. The lowest BCUT2D eigenvalue weighted by Crippen LogP contribution is -2.30. The van der Waals surface area contributed by atoms with E-state index < -0.39 is 0 Å². The summed E-state index contributed by atoms with van der Waals surface area (Å²) in [6, 6.07) is 9.14. The van der Waals surface area contributed by atoms with Crippen LogP contribution in [-0.4, -0.2) is 9.97 Å². The summed E-state index contributed by atoms with van der Waals surface area (Å²) in [5, 5.41) is 1.27. The number of nitrogens with two attached hydrogens (primary N) is 2. The zero-order valence-corrected chi connectivity index (χ0v) is 10.4. The Morgan fingerprint density at radius 2 is 1.95 bits per heavy atom. The van der Waals surface area contributed by atoms with Crippen LogP contribution >= 0.6 is 0 Å². The van der Waals surface area contributed by atoms with Crippen molar-refractivity contribution in [2.45, 2.75) is 0 Å². The predicted octanol–water partition coefficient (Wildman–Crippen LogP) is 1.16. The van der Waals surface area contributed by atoms with Crippen molar-refractivity contribution in [2.24, 2.45) is 0 Å². The van der Waals surface area contributed by atoms with Crippen molar-refractivity contribution in [2.75, 3.05) is 16.6 Å². The molecule has 2 aromatic rings. The molecule has 1 aliphatic rings. The first-order chi connectivity index (χ1) is 9.74. The fraction of sp³-hybridized carbons (Fsp3) is 0. The molecule has 0 unspecified atom stereocenters. The first-order valence-electron chi connectivity index (χ1n) is 5.78. The molecule has 0 saturated heterocycles. The van der Waals surface area contributed by atoms with Gasteiger partial charge in [0.05, 0.1) is 6.20 Å². The second-order valence-corrected chi connectivity index (χ2v) is 3.87. The van der Waals surface area contributed by atoms with Crippen LogP contribution in [0.1, 0.15) is 0 Å². The number of benzene rings is 1. The number of rotatable bonds is 3. The summed E-state index contributed by atoms with van der Waals surface area (Å²) in [5.74, 6) is 1.27. The Morgan fingerprint density at radius 3 is 2.65 bits per heavy atom. The number of nitrogen functional groups attached to an aromatic ring is 2. The minimum absolute atomic E-state index is 0.0233. The standard InChI is InChI=1S/C12H12N6O2/c13-10-9(20-8-4-2-1-3-5-8)11(17-12(14)16-10)18-15-6-7-19-18/h1-7,15H,(H4,13,14,16,17). The van der Waals surface area contributed by atoms with E-state index in [1.54, 1.807) is 18.3 Å². The van der Waals surface area contributed by atoms with Crippen molar-refractivity contribution >= 4 is 17.6 Å². The van der Waals surface area contributed by atoms with Crippen LogP contribution in [0.15, 0.2) is 42.8 Å². The monoisotopic (exact) mass is 272 g/mol. The topological polar surface area (TPSA) is 112 Å². The molecule has 8 heteroatoms. The summed E-state index contributed by atoms with van der Waals surface area (Å²) < 4.78 is 5.71. The summed E-state index contributed by atoms with van der Waals surface area (Å²) in [6.45, 7) is 0. The number of anilines is 3. The van der Waals surface area contributed by atoms with E-state index in [1.807, 2.05) is 18.2 Å². The highest BCUT2D eigenvalue weighted by Crippen LogP contribution is 2.35. The van der Waals surface area contributed by atoms with Gasteiger partial charge in [0.25, 0.3) is 0 Å². The molecule has 0 fully saturated rings. The molecule has 0 atom stereocenters. The Labute approximate surface area is 114 Å². The van der Waals surface area contributed by atoms with Crippen LogP contribution in [0.4, 0.5) is 17.6 Å². The van der Waals surface area contributed by atoms with Gasteiger partial charge in [-0.15, -0.1) is 0 Å². The minimum Gasteiger partial charge on any atom is -0.449 e. The molecular weight excluding hydrogens is 260 g/mol. The molecule has 1 aromatic heterocycles. The van der Waals surface area contributed by atoms with Gasteiger partial charge in [-0.1, -0.05) is 23.4 Å². The number of ether oxygens (including phenoxy) is 1. The van der Waals surface area contributed by atoms with Gasteiger partial charge in [0.1, 0.15) is 12.0 Å². The Kier molecular flexibility index (Phi) is 2.88. The molecular formula is C12H12N6O2. The maximum absolute atomic E-state index is 5.85. The Hall–Kier alpha value is -3.16. The summed E-state index contributed by atoms with van der Waals surface area (Å²) >= 11 is 0. The molecule has 0 amide bonds. The Morgan fingerprint density at radius 1 is 1.15 bits per heavy atom. The largest absolute Gasteiger partial charge is 0.449 e. The van der Waals surface area contributed by atoms with Crippen LogP contribution < -0.4 is 26.8 Å². The lowest BCUT2D eigenvalue weighted by Gasteiger charge is -2.19. The number of nitrogens with zero attached hydrogens (tertiary/aromatic N) is 3. The maximum atomic E-state index is 5.85. The molecule has 0 bridgehead atoms.